The molecule has 0 amide bonds. The minimum Gasteiger partial charge on any atom is -0.394 e. The van der Waals surface area contributed by atoms with Gasteiger partial charge in [-0.15, -0.1) is 0 Å². The predicted octanol–water partition coefficient (Wildman–Crippen LogP) is 0.543. The van der Waals surface area contributed by atoms with Crippen molar-refractivity contribution in [2.75, 3.05) is 12.1 Å². The van der Waals surface area contributed by atoms with E-state index < -0.39 is 0 Å². The van der Waals surface area contributed by atoms with E-state index in [2.05, 4.69) is 21.9 Å². The number of hydrogen-bond donors (Lipinski definition) is 3. The van der Waals surface area contributed by atoms with E-state index in [9.17, 15) is 5.11 Å². The first-order chi connectivity index (χ1) is 9.24. The van der Waals surface area contributed by atoms with Crippen LogP contribution in [0.2, 0.25) is 0 Å². The number of nitrogens with zero attached hydrogens (tertiary/aromatic N) is 4. The lowest BCUT2D eigenvalue weighted by Gasteiger charge is -2.17. The third-order valence-electron chi connectivity index (χ3n) is 3.40. The summed E-state index contributed by atoms with van der Waals surface area (Å²) in [5, 5.41) is 18.2. The van der Waals surface area contributed by atoms with Gasteiger partial charge >= 0.3 is 0 Å². The van der Waals surface area contributed by atoms with Crippen molar-refractivity contribution in [2.24, 2.45) is 5.92 Å². The van der Waals surface area contributed by atoms with Gasteiger partial charge in [-0.3, -0.25) is 15.3 Å². The highest BCUT2D eigenvalue weighted by Gasteiger charge is 2.34. The summed E-state index contributed by atoms with van der Waals surface area (Å²) in [5.74, 6) is 0.503. The SMILES string of the molecule is C[C@H]1C[C@@H](CO)O[C@H]1n1cnc2c(NO)ncnc21. The van der Waals surface area contributed by atoms with Gasteiger partial charge < -0.3 is 9.84 Å². The summed E-state index contributed by atoms with van der Waals surface area (Å²) in [6, 6.07) is 0. The maximum Gasteiger partial charge on any atom is 0.181 e. The molecule has 0 aromatic carbocycles. The highest BCUT2D eigenvalue weighted by atomic mass is 16.5. The van der Waals surface area contributed by atoms with Crippen molar-refractivity contribution < 1.29 is 15.1 Å². The zero-order chi connectivity index (χ0) is 13.4. The zero-order valence-electron chi connectivity index (χ0n) is 10.4. The highest BCUT2D eigenvalue weighted by Crippen LogP contribution is 2.35. The van der Waals surface area contributed by atoms with Crippen molar-refractivity contribution in [3.05, 3.63) is 12.7 Å². The van der Waals surface area contributed by atoms with Crippen LogP contribution in [0.3, 0.4) is 0 Å². The fourth-order valence-corrected chi connectivity index (χ4v) is 2.50. The van der Waals surface area contributed by atoms with E-state index in [1.165, 1.54) is 6.33 Å². The van der Waals surface area contributed by atoms with E-state index in [4.69, 9.17) is 9.94 Å². The van der Waals surface area contributed by atoms with Crippen LogP contribution in [-0.4, -0.2) is 42.5 Å². The van der Waals surface area contributed by atoms with E-state index in [1.54, 1.807) is 10.9 Å². The van der Waals surface area contributed by atoms with Crippen LogP contribution in [0.15, 0.2) is 12.7 Å². The summed E-state index contributed by atoms with van der Waals surface area (Å²) in [6.45, 7) is 2.06. The molecule has 2 aromatic heterocycles. The van der Waals surface area contributed by atoms with Gasteiger partial charge in [0.15, 0.2) is 17.0 Å². The van der Waals surface area contributed by atoms with Gasteiger partial charge in [-0.25, -0.2) is 15.0 Å². The Hall–Kier alpha value is -1.77. The number of nitrogens with one attached hydrogen (secondary N) is 1. The molecule has 0 unspecified atom stereocenters. The number of ether oxygens (including phenoxy) is 1. The molecule has 8 heteroatoms. The van der Waals surface area contributed by atoms with E-state index in [-0.39, 0.29) is 30.7 Å². The second-order valence-corrected chi connectivity index (χ2v) is 4.70. The first-order valence-corrected chi connectivity index (χ1v) is 6.08. The fourth-order valence-electron chi connectivity index (χ4n) is 2.50. The molecule has 0 radical (unpaired) electrons. The molecule has 3 rings (SSSR count). The average Bonchev–Trinajstić information content (AvgIpc) is 3.01. The van der Waals surface area contributed by atoms with Gasteiger partial charge in [-0.1, -0.05) is 6.92 Å². The number of rotatable bonds is 3. The Morgan fingerprint density at radius 1 is 1.47 bits per heavy atom. The van der Waals surface area contributed by atoms with Gasteiger partial charge in [0.2, 0.25) is 0 Å². The summed E-state index contributed by atoms with van der Waals surface area (Å²) >= 11 is 0. The maximum atomic E-state index is 9.18. The zero-order valence-corrected chi connectivity index (χ0v) is 10.4. The molecule has 1 aliphatic heterocycles. The van der Waals surface area contributed by atoms with Crippen molar-refractivity contribution in [3.63, 3.8) is 0 Å². The Kier molecular flexibility index (Phi) is 3.05. The molecule has 8 nitrogen and oxygen atoms in total. The molecule has 0 aliphatic carbocycles. The van der Waals surface area contributed by atoms with Gasteiger partial charge in [-0.05, 0) is 6.42 Å². The molecule has 3 atom stereocenters. The highest BCUT2D eigenvalue weighted by molar-refractivity contribution is 5.82. The molecular formula is C11H15N5O3. The first kappa shape index (κ1) is 12.3. The van der Waals surface area contributed by atoms with Crippen LogP contribution in [0.4, 0.5) is 5.82 Å². The van der Waals surface area contributed by atoms with Gasteiger partial charge in [0.25, 0.3) is 0 Å². The van der Waals surface area contributed by atoms with Gasteiger partial charge in [0.05, 0.1) is 19.0 Å². The van der Waals surface area contributed by atoms with Gasteiger partial charge in [0, 0.05) is 5.92 Å². The molecule has 1 fully saturated rings. The van der Waals surface area contributed by atoms with Crippen LogP contribution >= 0.6 is 0 Å². The summed E-state index contributed by atoms with van der Waals surface area (Å²) in [6.07, 6.45) is 3.37. The minimum absolute atomic E-state index is 0.00585. The normalized spacial score (nSPS) is 27.0. The number of aliphatic hydroxyl groups excluding tert-OH is 1. The summed E-state index contributed by atoms with van der Waals surface area (Å²) in [4.78, 5) is 12.3. The van der Waals surface area contributed by atoms with Crippen LogP contribution in [0, 0.1) is 5.92 Å². The average molecular weight is 265 g/mol. The lowest BCUT2D eigenvalue weighted by Crippen LogP contribution is -2.15. The van der Waals surface area contributed by atoms with Crippen molar-refractivity contribution in [3.8, 4) is 0 Å². The van der Waals surface area contributed by atoms with Crippen LogP contribution < -0.4 is 5.48 Å². The topological polar surface area (TPSA) is 105 Å². The predicted molar refractivity (Wildman–Crippen MR) is 65.5 cm³/mol. The monoisotopic (exact) mass is 265 g/mol. The number of anilines is 1. The largest absolute Gasteiger partial charge is 0.394 e. The molecule has 2 aromatic rings. The minimum atomic E-state index is -0.219. The summed E-state index contributed by atoms with van der Waals surface area (Å²) in [5.41, 5.74) is 3.06. The lowest BCUT2D eigenvalue weighted by molar-refractivity contribution is -0.0294. The van der Waals surface area contributed by atoms with E-state index in [1.807, 2.05) is 5.48 Å². The second kappa shape index (κ2) is 4.72. The van der Waals surface area contributed by atoms with E-state index in [0.717, 1.165) is 6.42 Å². The number of fused-ring (bicyclic) bond motifs is 1. The quantitative estimate of drug-likeness (QED) is 0.695. The summed E-state index contributed by atoms with van der Waals surface area (Å²) < 4.78 is 7.58. The number of imidazole rings is 1. The molecule has 1 saturated heterocycles. The molecule has 1 aliphatic rings. The Labute approximate surface area is 109 Å². The third kappa shape index (κ3) is 1.93. The van der Waals surface area contributed by atoms with Crippen molar-refractivity contribution >= 4 is 17.0 Å². The standard InChI is InChI=1S/C11H15N5O3/c1-6-2-7(3-17)19-11(6)16-5-14-8-9(15-18)12-4-13-10(8)16/h4-7,11,17-18H,2-3H2,1H3,(H,12,13,15)/t6-,7-,11+/m0/s1. The van der Waals surface area contributed by atoms with Gasteiger partial charge in [-0.2, -0.15) is 0 Å². The van der Waals surface area contributed by atoms with Crippen molar-refractivity contribution in [2.45, 2.75) is 25.7 Å². The number of hydrogen-bond acceptors (Lipinski definition) is 7. The van der Waals surface area contributed by atoms with Crippen molar-refractivity contribution in [1.82, 2.24) is 19.5 Å². The smallest absolute Gasteiger partial charge is 0.181 e. The molecular weight excluding hydrogens is 250 g/mol. The van der Waals surface area contributed by atoms with Crippen LogP contribution in [0.5, 0.6) is 0 Å². The molecule has 3 N–H and O–H groups in total. The van der Waals surface area contributed by atoms with Gasteiger partial charge in [0.1, 0.15) is 12.6 Å². The molecule has 3 heterocycles. The molecule has 0 saturated carbocycles. The molecule has 0 spiro atoms. The van der Waals surface area contributed by atoms with Crippen LogP contribution in [0.1, 0.15) is 19.6 Å². The first-order valence-electron chi connectivity index (χ1n) is 6.08. The van der Waals surface area contributed by atoms with E-state index >= 15 is 0 Å². The Bertz CT molecular complexity index is 587. The maximum absolute atomic E-state index is 9.18. The second-order valence-electron chi connectivity index (χ2n) is 4.70. The molecule has 0 bridgehead atoms. The van der Waals surface area contributed by atoms with E-state index in [0.29, 0.717) is 11.2 Å². The Morgan fingerprint density at radius 3 is 3.00 bits per heavy atom. The number of aliphatic hydroxyl groups is 1. The Morgan fingerprint density at radius 2 is 2.32 bits per heavy atom. The lowest BCUT2D eigenvalue weighted by atomic mass is 10.1. The fraction of sp³-hybridized carbons (Fsp3) is 0.545. The molecule has 102 valence electrons. The molecule has 19 heavy (non-hydrogen) atoms. The van der Waals surface area contributed by atoms with Crippen LogP contribution in [-0.2, 0) is 4.74 Å². The van der Waals surface area contributed by atoms with Crippen LogP contribution in [0.25, 0.3) is 11.2 Å². The summed E-state index contributed by atoms with van der Waals surface area (Å²) in [7, 11) is 0. The Balaban J connectivity index is 2.02. The third-order valence-corrected chi connectivity index (χ3v) is 3.40. The van der Waals surface area contributed by atoms with Crippen molar-refractivity contribution in [1.29, 1.82) is 0 Å². The number of aromatic nitrogens is 4.